The number of anilines is 1. The van der Waals surface area contributed by atoms with Gasteiger partial charge in [-0.3, -0.25) is 4.90 Å². The summed E-state index contributed by atoms with van der Waals surface area (Å²) in [6.07, 6.45) is 0. The van der Waals surface area contributed by atoms with Crippen molar-refractivity contribution in [3.05, 3.63) is 30.3 Å². The summed E-state index contributed by atoms with van der Waals surface area (Å²) in [4.78, 5) is 2.43. The van der Waals surface area contributed by atoms with Gasteiger partial charge in [-0.2, -0.15) is 4.68 Å². The highest BCUT2D eigenvalue weighted by Gasteiger charge is 2.13. The lowest BCUT2D eigenvalue weighted by Crippen LogP contribution is -2.40. The fourth-order valence-corrected chi connectivity index (χ4v) is 2.45. The number of rotatable bonds is 7. The Kier molecular flexibility index (Phi) is 5.27. The number of nitrogens with one attached hydrogen (secondary N) is 1. The molecule has 0 atom stereocenters. The molecule has 0 aliphatic carbocycles. The van der Waals surface area contributed by atoms with Gasteiger partial charge in [0.25, 0.3) is 0 Å². The molecule has 1 aromatic heterocycles. The van der Waals surface area contributed by atoms with Gasteiger partial charge in [0.15, 0.2) is 0 Å². The topological polar surface area (TPSA) is 58.9 Å². The second kappa shape index (κ2) is 7.17. The van der Waals surface area contributed by atoms with E-state index >= 15 is 0 Å². The van der Waals surface area contributed by atoms with Crippen LogP contribution in [-0.2, 0) is 0 Å². The van der Waals surface area contributed by atoms with Gasteiger partial charge in [-0.15, -0.1) is 0 Å². The van der Waals surface area contributed by atoms with Gasteiger partial charge in [0.2, 0.25) is 5.95 Å². The Labute approximate surface area is 126 Å². The standard InChI is InChI=1S/C15H24N6/c1-12(2)20(13(3)4)11-10-16-15-17-18-19-21(15)14-8-6-5-7-9-14/h5-9,12-13H,10-11H2,1-4H3,(H,16,17,19). The Hall–Kier alpha value is -1.95. The van der Waals surface area contributed by atoms with E-state index in [1.165, 1.54) is 0 Å². The summed E-state index contributed by atoms with van der Waals surface area (Å²) in [7, 11) is 0. The van der Waals surface area contributed by atoms with E-state index in [0.717, 1.165) is 18.8 Å². The molecular formula is C15H24N6. The van der Waals surface area contributed by atoms with Crippen LogP contribution in [0.15, 0.2) is 30.3 Å². The van der Waals surface area contributed by atoms with Crippen molar-refractivity contribution in [2.45, 2.75) is 39.8 Å². The van der Waals surface area contributed by atoms with Crippen molar-refractivity contribution < 1.29 is 0 Å². The van der Waals surface area contributed by atoms with Crippen molar-refractivity contribution >= 4 is 5.95 Å². The fraction of sp³-hybridized carbons (Fsp3) is 0.533. The number of aromatic nitrogens is 4. The molecule has 1 aromatic carbocycles. The summed E-state index contributed by atoms with van der Waals surface area (Å²) in [6, 6.07) is 10.9. The number of para-hydroxylation sites is 1. The predicted molar refractivity (Wildman–Crippen MR) is 84.6 cm³/mol. The van der Waals surface area contributed by atoms with Gasteiger partial charge in [-0.1, -0.05) is 23.3 Å². The van der Waals surface area contributed by atoms with Crippen LogP contribution in [-0.4, -0.2) is 50.3 Å². The van der Waals surface area contributed by atoms with E-state index in [1.807, 2.05) is 30.3 Å². The van der Waals surface area contributed by atoms with Crippen molar-refractivity contribution in [1.82, 2.24) is 25.1 Å². The summed E-state index contributed by atoms with van der Waals surface area (Å²) in [5.41, 5.74) is 0.953. The lowest BCUT2D eigenvalue weighted by Gasteiger charge is -2.30. The van der Waals surface area contributed by atoms with E-state index < -0.39 is 0 Å². The zero-order valence-electron chi connectivity index (χ0n) is 13.2. The van der Waals surface area contributed by atoms with E-state index in [1.54, 1.807) is 4.68 Å². The molecule has 0 aliphatic rings. The largest absolute Gasteiger partial charge is 0.351 e. The molecule has 114 valence electrons. The van der Waals surface area contributed by atoms with Crippen molar-refractivity contribution in [1.29, 1.82) is 0 Å². The molecule has 1 heterocycles. The third-order valence-corrected chi connectivity index (χ3v) is 3.45. The quantitative estimate of drug-likeness (QED) is 0.846. The molecule has 0 spiro atoms. The van der Waals surface area contributed by atoms with Crippen molar-refractivity contribution in [3.63, 3.8) is 0 Å². The third-order valence-electron chi connectivity index (χ3n) is 3.45. The highest BCUT2D eigenvalue weighted by Crippen LogP contribution is 2.10. The van der Waals surface area contributed by atoms with Gasteiger partial charge in [0.05, 0.1) is 5.69 Å². The molecule has 0 unspecified atom stereocenters. The monoisotopic (exact) mass is 288 g/mol. The smallest absolute Gasteiger partial charge is 0.247 e. The van der Waals surface area contributed by atoms with Crippen LogP contribution in [0, 0.1) is 0 Å². The molecule has 2 rings (SSSR count). The number of hydrogen-bond donors (Lipinski definition) is 1. The number of hydrogen-bond acceptors (Lipinski definition) is 5. The maximum absolute atomic E-state index is 4.05. The van der Waals surface area contributed by atoms with Gasteiger partial charge in [0, 0.05) is 25.2 Å². The van der Waals surface area contributed by atoms with Gasteiger partial charge < -0.3 is 5.32 Å². The Morgan fingerprint density at radius 1 is 1.10 bits per heavy atom. The first kappa shape index (κ1) is 15.4. The minimum atomic E-state index is 0.525. The molecule has 21 heavy (non-hydrogen) atoms. The van der Waals surface area contributed by atoms with Gasteiger partial charge in [0.1, 0.15) is 0 Å². The molecular weight excluding hydrogens is 264 g/mol. The van der Waals surface area contributed by atoms with E-state index in [9.17, 15) is 0 Å². The van der Waals surface area contributed by atoms with E-state index in [2.05, 4.69) is 53.4 Å². The Morgan fingerprint density at radius 3 is 2.38 bits per heavy atom. The zero-order chi connectivity index (χ0) is 15.2. The summed E-state index contributed by atoms with van der Waals surface area (Å²) in [6.45, 7) is 10.6. The third kappa shape index (κ3) is 4.01. The average Bonchev–Trinajstić information content (AvgIpc) is 2.92. The van der Waals surface area contributed by atoms with Crippen LogP contribution < -0.4 is 5.32 Å². The second-order valence-electron chi connectivity index (χ2n) is 5.60. The number of benzene rings is 1. The molecule has 0 radical (unpaired) electrons. The van der Waals surface area contributed by atoms with Crippen LogP contribution in [0.2, 0.25) is 0 Å². The maximum Gasteiger partial charge on any atom is 0.247 e. The first-order valence-corrected chi connectivity index (χ1v) is 7.43. The Bertz CT molecular complexity index is 526. The normalized spacial score (nSPS) is 11.6. The van der Waals surface area contributed by atoms with E-state index in [4.69, 9.17) is 0 Å². The van der Waals surface area contributed by atoms with Gasteiger partial charge in [-0.25, -0.2) is 0 Å². The Morgan fingerprint density at radius 2 is 1.76 bits per heavy atom. The highest BCUT2D eigenvalue weighted by atomic mass is 15.6. The first-order chi connectivity index (χ1) is 10.1. The van der Waals surface area contributed by atoms with Crippen LogP contribution in [0.4, 0.5) is 5.95 Å². The Balaban J connectivity index is 1.97. The zero-order valence-corrected chi connectivity index (χ0v) is 13.2. The van der Waals surface area contributed by atoms with Crippen LogP contribution in [0.5, 0.6) is 0 Å². The van der Waals surface area contributed by atoms with Gasteiger partial charge in [-0.05, 0) is 50.3 Å². The molecule has 0 amide bonds. The van der Waals surface area contributed by atoms with Crippen molar-refractivity contribution in [2.75, 3.05) is 18.4 Å². The summed E-state index contributed by atoms with van der Waals surface area (Å²) in [5.74, 6) is 0.675. The fourth-order valence-electron chi connectivity index (χ4n) is 2.45. The van der Waals surface area contributed by atoms with Crippen molar-refractivity contribution in [2.24, 2.45) is 0 Å². The molecule has 1 N–H and O–H groups in total. The maximum atomic E-state index is 4.05. The number of nitrogens with zero attached hydrogens (tertiary/aromatic N) is 5. The highest BCUT2D eigenvalue weighted by molar-refractivity contribution is 5.38. The minimum absolute atomic E-state index is 0.525. The molecule has 0 bridgehead atoms. The molecule has 6 heteroatoms. The lowest BCUT2D eigenvalue weighted by molar-refractivity contribution is 0.182. The van der Waals surface area contributed by atoms with E-state index in [0.29, 0.717) is 18.0 Å². The van der Waals surface area contributed by atoms with Crippen LogP contribution >= 0.6 is 0 Å². The molecule has 0 saturated carbocycles. The number of tetrazole rings is 1. The van der Waals surface area contributed by atoms with E-state index in [-0.39, 0.29) is 0 Å². The minimum Gasteiger partial charge on any atom is -0.351 e. The van der Waals surface area contributed by atoms with Crippen molar-refractivity contribution in [3.8, 4) is 5.69 Å². The summed E-state index contributed by atoms with van der Waals surface area (Å²) in [5, 5.41) is 15.2. The second-order valence-corrected chi connectivity index (χ2v) is 5.60. The molecule has 0 saturated heterocycles. The molecule has 2 aromatic rings. The van der Waals surface area contributed by atoms with Gasteiger partial charge >= 0.3 is 0 Å². The van der Waals surface area contributed by atoms with Crippen LogP contribution in [0.1, 0.15) is 27.7 Å². The summed E-state index contributed by atoms with van der Waals surface area (Å²) < 4.78 is 1.72. The molecule has 0 aliphatic heterocycles. The first-order valence-electron chi connectivity index (χ1n) is 7.43. The predicted octanol–water partition coefficient (Wildman–Crippen LogP) is 2.19. The molecule has 0 fully saturated rings. The summed E-state index contributed by atoms with van der Waals surface area (Å²) >= 11 is 0. The van der Waals surface area contributed by atoms with Crippen LogP contribution in [0.25, 0.3) is 5.69 Å². The average molecular weight is 288 g/mol. The van der Waals surface area contributed by atoms with Crippen LogP contribution in [0.3, 0.4) is 0 Å². The lowest BCUT2D eigenvalue weighted by atomic mass is 10.2. The SMILES string of the molecule is CC(C)N(CCNc1nnnn1-c1ccccc1)C(C)C. The molecule has 6 nitrogen and oxygen atoms in total.